The highest BCUT2D eigenvalue weighted by Gasteiger charge is 2.05. The van der Waals surface area contributed by atoms with Gasteiger partial charge in [-0.3, -0.25) is 0 Å². The van der Waals surface area contributed by atoms with E-state index in [1.54, 1.807) is 6.26 Å². The van der Waals surface area contributed by atoms with Gasteiger partial charge in [-0.05, 0) is 32.1 Å². The van der Waals surface area contributed by atoms with Crippen LogP contribution in [0.15, 0.2) is 22.8 Å². The van der Waals surface area contributed by atoms with Gasteiger partial charge in [-0.15, -0.1) is 12.4 Å². The highest BCUT2D eigenvalue weighted by atomic mass is 35.5. The molecule has 0 aliphatic rings. The Bertz CT molecular complexity index is 209. The SMILES string of the molecule is CC(Cc1ccco1)CN(C)C.Cl. The Balaban J connectivity index is 0.00000144. The summed E-state index contributed by atoms with van der Waals surface area (Å²) in [5, 5.41) is 0. The monoisotopic (exact) mass is 203 g/mol. The molecule has 1 aromatic heterocycles. The molecule has 0 saturated carbocycles. The van der Waals surface area contributed by atoms with Gasteiger partial charge in [-0.2, -0.15) is 0 Å². The van der Waals surface area contributed by atoms with Crippen LogP contribution in [0.2, 0.25) is 0 Å². The summed E-state index contributed by atoms with van der Waals surface area (Å²) in [6.07, 6.45) is 2.77. The second kappa shape index (κ2) is 6.06. The minimum Gasteiger partial charge on any atom is -0.469 e. The molecule has 76 valence electrons. The van der Waals surface area contributed by atoms with Gasteiger partial charge in [0.1, 0.15) is 5.76 Å². The lowest BCUT2D eigenvalue weighted by Crippen LogP contribution is -2.20. The Morgan fingerprint density at radius 3 is 2.62 bits per heavy atom. The van der Waals surface area contributed by atoms with Crippen LogP contribution >= 0.6 is 12.4 Å². The first-order chi connectivity index (χ1) is 5.68. The van der Waals surface area contributed by atoms with Crippen molar-refractivity contribution in [3.05, 3.63) is 24.2 Å². The molecular formula is C10H18ClNO. The zero-order valence-electron chi connectivity index (χ0n) is 8.49. The highest BCUT2D eigenvalue weighted by Crippen LogP contribution is 2.09. The first-order valence-corrected chi connectivity index (χ1v) is 4.35. The number of rotatable bonds is 4. The zero-order valence-corrected chi connectivity index (χ0v) is 9.30. The first kappa shape index (κ1) is 12.5. The second-order valence-electron chi connectivity index (χ2n) is 3.65. The van der Waals surface area contributed by atoms with Crippen molar-refractivity contribution in [2.24, 2.45) is 5.92 Å². The molecular weight excluding hydrogens is 186 g/mol. The highest BCUT2D eigenvalue weighted by molar-refractivity contribution is 5.85. The number of halogens is 1. The minimum atomic E-state index is 0. The molecule has 0 spiro atoms. The summed E-state index contributed by atoms with van der Waals surface area (Å²) in [4.78, 5) is 2.20. The molecule has 13 heavy (non-hydrogen) atoms. The summed E-state index contributed by atoms with van der Waals surface area (Å²) in [5.41, 5.74) is 0. The van der Waals surface area contributed by atoms with Crippen molar-refractivity contribution in [2.75, 3.05) is 20.6 Å². The van der Waals surface area contributed by atoms with Crippen LogP contribution in [0.1, 0.15) is 12.7 Å². The van der Waals surface area contributed by atoms with E-state index in [0.29, 0.717) is 5.92 Å². The van der Waals surface area contributed by atoms with Gasteiger partial charge in [0, 0.05) is 13.0 Å². The zero-order chi connectivity index (χ0) is 8.97. The topological polar surface area (TPSA) is 16.4 Å². The van der Waals surface area contributed by atoms with Crippen LogP contribution < -0.4 is 0 Å². The molecule has 1 rings (SSSR count). The second-order valence-corrected chi connectivity index (χ2v) is 3.65. The van der Waals surface area contributed by atoms with E-state index in [0.717, 1.165) is 18.7 Å². The van der Waals surface area contributed by atoms with E-state index in [1.165, 1.54) is 0 Å². The van der Waals surface area contributed by atoms with Crippen LogP contribution in [-0.2, 0) is 6.42 Å². The molecule has 0 amide bonds. The van der Waals surface area contributed by atoms with E-state index in [2.05, 4.69) is 25.9 Å². The number of hydrogen-bond donors (Lipinski definition) is 0. The van der Waals surface area contributed by atoms with E-state index in [1.807, 2.05) is 12.1 Å². The summed E-state index contributed by atoms with van der Waals surface area (Å²) in [6.45, 7) is 3.35. The van der Waals surface area contributed by atoms with Crippen molar-refractivity contribution >= 4 is 12.4 Å². The summed E-state index contributed by atoms with van der Waals surface area (Å²) in [7, 11) is 4.19. The third-order valence-electron chi connectivity index (χ3n) is 1.81. The smallest absolute Gasteiger partial charge is 0.104 e. The first-order valence-electron chi connectivity index (χ1n) is 4.35. The Hall–Kier alpha value is -0.470. The van der Waals surface area contributed by atoms with Gasteiger partial charge in [-0.1, -0.05) is 6.92 Å². The average molecular weight is 204 g/mol. The Kier molecular flexibility index (Phi) is 5.84. The molecule has 2 nitrogen and oxygen atoms in total. The van der Waals surface area contributed by atoms with Crippen molar-refractivity contribution in [1.82, 2.24) is 4.90 Å². The maximum Gasteiger partial charge on any atom is 0.104 e. The summed E-state index contributed by atoms with van der Waals surface area (Å²) in [6, 6.07) is 3.98. The standard InChI is InChI=1S/C10H17NO.ClH/c1-9(8-11(2)3)7-10-5-4-6-12-10;/h4-6,9H,7-8H2,1-3H3;1H. The Morgan fingerprint density at radius 2 is 2.15 bits per heavy atom. The molecule has 0 N–H and O–H groups in total. The summed E-state index contributed by atoms with van der Waals surface area (Å²) >= 11 is 0. The average Bonchev–Trinajstić information content (AvgIpc) is 2.37. The van der Waals surface area contributed by atoms with Crippen molar-refractivity contribution in [1.29, 1.82) is 0 Å². The predicted molar refractivity (Wildman–Crippen MR) is 57.4 cm³/mol. The van der Waals surface area contributed by atoms with Crippen LogP contribution in [0.25, 0.3) is 0 Å². The molecule has 0 radical (unpaired) electrons. The van der Waals surface area contributed by atoms with Crippen LogP contribution in [-0.4, -0.2) is 25.5 Å². The molecule has 1 heterocycles. The molecule has 1 atom stereocenters. The maximum absolute atomic E-state index is 5.27. The number of furan rings is 1. The molecule has 0 aliphatic heterocycles. The number of nitrogens with zero attached hydrogens (tertiary/aromatic N) is 1. The molecule has 0 aliphatic carbocycles. The van der Waals surface area contributed by atoms with E-state index < -0.39 is 0 Å². The third-order valence-corrected chi connectivity index (χ3v) is 1.81. The lowest BCUT2D eigenvalue weighted by Gasteiger charge is -2.15. The summed E-state index contributed by atoms with van der Waals surface area (Å²) < 4.78 is 5.27. The fraction of sp³-hybridized carbons (Fsp3) is 0.600. The quantitative estimate of drug-likeness (QED) is 0.748. The van der Waals surface area contributed by atoms with Crippen molar-refractivity contribution in [3.63, 3.8) is 0 Å². The van der Waals surface area contributed by atoms with Crippen molar-refractivity contribution in [2.45, 2.75) is 13.3 Å². The van der Waals surface area contributed by atoms with Crippen LogP contribution in [0, 0.1) is 5.92 Å². The minimum absolute atomic E-state index is 0. The van der Waals surface area contributed by atoms with Gasteiger partial charge in [0.15, 0.2) is 0 Å². The van der Waals surface area contributed by atoms with Crippen molar-refractivity contribution in [3.8, 4) is 0 Å². The molecule has 0 bridgehead atoms. The third kappa shape index (κ3) is 4.96. The Morgan fingerprint density at radius 1 is 1.46 bits per heavy atom. The molecule has 1 aromatic rings. The Labute approximate surface area is 86.3 Å². The fourth-order valence-corrected chi connectivity index (χ4v) is 1.46. The molecule has 3 heteroatoms. The molecule has 0 aromatic carbocycles. The van der Waals surface area contributed by atoms with Gasteiger partial charge < -0.3 is 9.32 Å². The molecule has 1 unspecified atom stereocenters. The normalized spacial score (nSPS) is 12.6. The molecule has 0 saturated heterocycles. The van der Waals surface area contributed by atoms with E-state index >= 15 is 0 Å². The van der Waals surface area contributed by atoms with Gasteiger partial charge in [0.2, 0.25) is 0 Å². The fourth-order valence-electron chi connectivity index (χ4n) is 1.46. The predicted octanol–water partition coefficient (Wildman–Crippen LogP) is 2.44. The van der Waals surface area contributed by atoms with Gasteiger partial charge in [0.25, 0.3) is 0 Å². The number of hydrogen-bond acceptors (Lipinski definition) is 2. The van der Waals surface area contributed by atoms with Gasteiger partial charge in [0.05, 0.1) is 6.26 Å². The maximum atomic E-state index is 5.27. The largest absolute Gasteiger partial charge is 0.469 e. The van der Waals surface area contributed by atoms with E-state index in [4.69, 9.17) is 4.42 Å². The van der Waals surface area contributed by atoms with Gasteiger partial charge in [-0.25, -0.2) is 0 Å². The van der Waals surface area contributed by atoms with Crippen LogP contribution in [0.3, 0.4) is 0 Å². The van der Waals surface area contributed by atoms with Crippen LogP contribution in [0.5, 0.6) is 0 Å². The van der Waals surface area contributed by atoms with E-state index in [-0.39, 0.29) is 12.4 Å². The van der Waals surface area contributed by atoms with E-state index in [9.17, 15) is 0 Å². The lowest BCUT2D eigenvalue weighted by molar-refractivity contribution is 0.325. The molecule has 0 fully saturated rings. The van der Waals surface area contributed by atoms with Crippen LogP contribution in [0.4, 0.5) is 0 Å². The summed E-state index contributed by atoms with van der Waals surface area (Å²) in [5.74, 6) is 1.75. The van der Waals surface area contributed by atoms with Crippen molar-refractivity contribution < 1.29 is 4.42 Å². The lowest BCUT2D eigenvalue weighted by atomic mass is 10.1. The van der Waals surface area contributed by atoms with Gasteiger partial charge >= 0.3 is 0 Å².